The summed E-state index contributed by atoms with van der Waals surface area (Å²) in [6.07, 6.45) is 9.71. The van der Waals surface area contributed by atoms with Crippen LogP contribution < -0.4 is 22.1 Å². The quantitative estimate of drug-likeness (QED) is 0.587. The molecule has 6 N–H and O–H groups in total. The molecule has 1 heterocycles. The van der Waals surface area contributed by atoms with Gasteiger partial charge in [0.25, 0.3) is 0 Å². The fourth-order valence-electron chi connectivity index (χ4n) is 2.95. The minimum Gasteiger partial charge on any atom is -0.397 e. The summed E-state index contributed by atoms with van der Waals surface area (Å²) in [5, 5.41) is 6.67. The minimum atomic E-state index is -0.196. The molecule has 0 saturated heterocycles. The van der Waals surface area contributed by atoms with E-state index in [1.165, 1.54) is 0 Å². The lowest BCUT2D eigenvalue weighted by atomic mass is 9.84. The Labute approximate surface area is 124 Å². The van der Waals surface area contributed by atoms with Crippen LogP contribution in [0.1, 0.15) is 13.3 Å². The van der Waals surface area contributed by atoms with E-state index in [1.54, 1.807) is 12.2 Å². The Kier molecular flexibility index (Phi) is 3.43. The van der Waals surface area contributed by atoms with Crippen LogP contribution in [0, 0.1) is 0 Å². The molecule has 0 bridgehead atoms. The van der Waals surface area contributed by atoms with E-state index in [4.69, 9.17) is 11.5 Å². The molecule has 0 fully saturated rings. The van der Waals surface area contributed by atoms with Gasteiger partial charge in [0, 0.05) is 12.2 Å². The molecule has 0 aromatic rings. The molecule has 5 heteroatoms. The van der Waals surface area contributed by atoms with Gasteiger partial charge < -0.3 is 22.1 Å². The lowest BCUT2D eigenvalue weighted by molar-refractivity contribution is -0.114. The molecule has 0 aromatic carbocycles. The summed E-state index contributed by atoms with van der Waals surface area (Å²) < 4.78 is 0. The zero-order valence-electron chi connectivity index (χ0n) is 12.0. The topological polar surface area (TPSA) is 93.2 Å². The van der Waals surface area contributed by atoms with Crippen molar-refractivity contribution in [3.8, 4) is 0 Å². The molecule has 21 heavy (non-hydrogen) atoms. The Morgan fingerprint density at radius 2 is 2.19 bits per heavy atom. The van der Waals surface area contributed by atoms with Crippen molar-refractivity contribution in [1.82, 2.24) is 10.6 Å². The summed E-state index contributed by atoms with van der Waals surface area (Å²) >= 11 is 0. The van der Waals surface area contributed by atoms with Crippen molar-refractivity contribution in [3.05, 3.63) is 58.6 Å². The zero-order chi connectivity index (χ0) is 15.0. The number of carbonyl (C=O) groups excluding carboxylic acids is 1. The number of ketones is 1. The van der Waals surface area contributed by atoms with Crippen LogP contribution in [0.4, 0.5) is 0 Å². The van der Waals surface area contributed by atoms with Crippen LogP contribution in [0.15, 0.2) is 58.6 Å². The Morgan fingerprint density at radius 3 is 2.95 bits per heavy atom. The number of nitrogens with one attached hydrogen (secondary N) is 2. The van der Waals surface area contributed by atoms with Gasteiger partial charge in [-0.05, 0) is 30.2 Å². The third-order valence-electron chi connectivity index (χ3n) is 4.15. The molecule has 0 amide bonds. The summed E-state index contributed by atoms with van der Waals surface area (Å²) in [5.41, 5.74) is 17.2. The first-order chi connectivity index (χ1) is 10.1. The van der Waals surface area contributed by atoms with Crippen LogP contribution in [0.5, 0.6) is 0 Å². The molecular formula is C16H20N4O. The molecule has 2 aliphatic carbocycles. The Bertz CT molecular complexity index is 637. The SMILES string of the molecule is CC1=C(N)C2=C(C=CCN2)C(N)C1NC1=CC=CC(=O)C1. The van der Waals surface area contributed by atoms with Crippen LogP contribution in [0.25, 0.3) is 0 Å². The van der Waals surface area contributed by atoms with E-state index in [0.717, 1.165) is 34.8 Å². The molecule has 2 unspecified atom stereocenters. The largest absolute Gasteiger partial charge is 0.397 e. The second-order valence-electron chi connectivity index (χ2n) is 5.55. The van der Waals surface area contributed by atoms with Gasteiger partial charge in [0.15, 0.2) is 5.78 Å². The van der Waals surface area contributed by atoms with E-state index in [2.05, 4.69) is 10.6 Å². The fourth-order valence-corrected chi connectivity index (χ4v) is 2.95. The molecule has 0 radical (unpaired) electrons. The molecular weight excluding hydrogens is 264 g/mol. The molecule has 5 nitrogen and oxygen atoms in total. The first-order valence-corrected chi connectivity index (χ1v) is 7.11. The molecule has 2 atom stereocenters. The van der Waals surface area contributed by atoms with E-state index in [1.807, 2.05) is 25.2 Å². The van der Waals surface area contributed by atoms with E-state index >= 15 is 0 Å². The van der Waals surface area contributed by atoms with Crippen molar-refractivity contribution in [1.29, 1.82) is 0 Å². The smallest absolute Gasteiger partial charge is 0.161 e. The van der Waals surface area contributed by atoms with E-state index in [9.17, 15) is 4.79 Å². The molecule has 0 aromatic heterocycles. The van der Waals surface area contributed by atoms with Gasteiger partial charge in [0.1, 0.15) is 0 Å². The van der Waals surface area contributed by atoms with E-state index in [0.29, 0.717) is 6.42 Å². The highest BCUT2D eigenvalue weighted by atomic mass is 16.1. The maximum Gasteiger partial charge on any atom is 0.161 e. The summed E-state index contributed by atoms with van der Waals surface area (Å²) in [6, 6.07) is -0.294. The fraction of sp³-hybridized carbons (Fsp3) is 0.312. The normalized spacial score (nSPS) is 28.3. The third-order valence-corrected chi connectivity index (χ3v) is 4.15. The van der Waals surface area contributed by atoms with Gasteiger partial charge in [-0.25, -0.2) is 0 Å². The predicted octanol–water partition coefficient (Wildman–Crippen LogP) is 0.345. The summed E-state index contributed by atoms with van der Waals surface area (Å²) in [7, 11) is 0. The molecule has 110 valence electrons. The van der Waals surface area contributed by atoms with Crippen molar-refractivity contribution in [2.24, 2.45) is 11.5 Å². The number of nitrogens with two attached hydrogens (primary N) is 2. The van der Waals surface area contributed by atoms with Crippen molar-refractivity contribution >= 4 is 5.78 Å². The van der Waals surface area contributed by atoms with Gasteiger partial charge in [0.2, 0.25) is 0 Å². The van der Waals surface area contributed by atoms with Gasteiger partial charge >= 0.3 is 0 Å². The minimum absolute atomic E-state index is 0.0955. The highest BCUT2D eigenvalue weighted by Crippen LogP contribution is 2.29. The number of carbonyl (C=O) groups is 1. The van der Waals surface area contributed by atoms with Gasteiger partial charge in [-0.3, -0.25) is 4.79 Å². The monoisotopic (exact) mass is 284 g/mol. The average molecular weight is 284 g/mol. The van der Waals surface area contributed by atoms with Crippen LogP contribution in [-0.2, 0) is 4.79 Å². The summed E-state index contributed by atoms with van der Waals surface area (Å²) in [5.74, 6) is 0.0955. The first kappa shape index (κ1) is 13.7. The van der Waals surface area contributed by atoms with Crippen LogP contribution in [-0.4, -0.2) is 24.4 Å². The molecule has 3 rings (SSSR count). The number of dihydropyridines is 1. The summed E-state index contributed by atoms with van der Waals surface area (Å²) in [6.45, 7) is 2.75. The number of hydrogen-bond donors (Lipinski definition) is 4. The Morgan fingerprint density at radius 1 is 1.38 bits per heavy atom. The average Bonchev–Trinajstić information content (AvgIpc) is 2.49. The molecule has 0 spiro atoms. The van der Waals surface area contributed by atoms with Crippen LogP contribution in [0.3, 0.4) is 0 Å². The van der Waals surface area contributed by atoms with Gasteiger partial charge in [0.05, 0.1) is 29.9 Å². The van der Waals surface area contributed by atoms with Crippen molar-refractivity contribution < 1.29 is 4.79 Å². The van der Waals surface area contributed by atoms with Crippen molar-refractivity contribution in [2.75, 3.05) is 6.54 Å². The number of rotatable bonds is 2. The second-order valence-corrected chi connectivity index (χ2v) is 5.55. The molecule has 0 saturated carbocycles. The lowest BCUT2D eigenvalue weighted by Crippen LogP contribution is -2.51. The number of hydrogen-bond acceptors (Lipinski definition) is 5. The first-order valence-electron chi connectivity index (χ1n) is 7.11. The lowest BCUT2D eigenvalue weighted by Gasteiger charge is -2.37. The van der Waals surface area contributed by atoms with Crippen LogP contribution >= 0.6 is 0 Å². The van der Waals surface area contributed by atoms with E-state index in [-0.39, 0.29) is 17.9 Å². The second kappa shape index (κ2) is 5.26. The molecule has 1 aliphatic heterocycles. The highest BCUT2D eigenvalue weighted by molar-refractivity contribution is 5.92. The van der Waals surface area contributed by atoms with Crippen LogP contribution in [0.2, 0.25) is 0 Å². The highest BCUT2D eigenvalue weighted by Gasteiger charge is 2.32. The van der Waals surface area contributed by atoms with Gasteiger partial charge in [-0.15, -0.1) is 0 Å². The van der Waals surface area contributed by atoms with Crippen molar-refractivity contribution in [2.45, 2.75) is 25.4 Å². The maximum absolute atomic E-state index is 11.5. The molecule has 3 aliphatic rings. The predicted molar refractivity (Wildman–Crippen MR) is 82.8 cm³/mol. The standard InChI is InChI=1S/C16H20N4O/c1-9-13(17)16-12(6-3-7-19-16)14(18)15(9)20-10-4-2-5-11(21)8-10/h2-6,14-15,19-20H,7-8,17-18H2,1H3. The van der Waals surface area contributed by atoms with Gasteiger partial charge in [-0.1, -0.05) is 18.2 Å². The maximum atomic E-state index is 11.5. The summed E-state index contributed by atoms with van der Waals surface area (Å²) in [4.78, 5) is 11.5. The van der Waals surface area contributed by atoms with Crippen molar-refractivity contribution in [3.63, 3.8) is 0 Å². The Balaban J connectivity index is 1.89. The van der Waals surface area contributed by atoms with E-state index < -0.39 is 0 Å². The van der Waals surface area contributed by atoms with Gasteiger partial charge in [-0.2, -0.15) is 0 Å². The number of allylic oxidation sites excluding steroid dienone is 4. The Hall–Kier alpha value is -2.27. The third kappa shape index (κ3) is 2.40. The zero-order valence-corrected chi connectivity index (χ0v) is 12.0.